The fraction of sp³-hybridized carbons (Fsp3) is 0.500. The van der Waals surface area contributed by atoms with E-state index >= 15 is 0 Å². The molecule has 18 heavy (non-hydrogen) atoms. The van der Waals surface area contributed by atoms with Gasteiger partial charge in [-0.2, -0.15) is 12.6 Å². The van der Waals surface area contributed by atoms with E-state index in [0.717, 1.165) is 12.1 Å². The van der Waals surface area contributed by atoms with Gasteiger partial charge in [-0.25, -0.2) is 4.98 Å². The Hall–Kier alpha value is -1.54. The van der Waals surface area contributed by atoms with Gasteiger partial charge in [0.15, 0.2) is 0 Å². The summed E-state index contributed by atoms with van der Waals surface area (Å²) < 4.78 is 0. The third-order valence-electron chi connectivity index (χ3n) is 1.76. The number of rotatable bonds is 5. The molecule has 0 aliphatic carbocycles. The van der Waals surface area contributed by atoms with Crippen molar-refractivity contribution in [1.29, 1.82) is 0 Å². The summed E-state index contributed by atoms with van der Waals surface area (Å²) in [7, 11) is 0. The summed E-state index contributed by atoms with van der Waals surface area (Å²) in [5.74, 6) is -1.42. The van der Waals surface area contributed by atoms with Gasteiger partial charge in [-0.1, -0.05) is 0 Å². The number of aromatic nitrogens is 2. The Morgan fingerprint density at radius 1 is 1.67 bits per heavy atom. The summed E-state index contributed by atoms with van der Waals surface area (Å²) in [6.07, 6.45) is 4.33. The van der Waals surface area contributed by atoms with E-state index in [-0.39, 0.29) is 12.5 Å². The first-order valence-corrected chi connectivity index (χ1v) is 5.84. The van der Waals surface area contributed by atoms with Crippen molar-refractivity contribution in [1.82, 2.24) is 15.3 Å². The number of thiol groups is 1. The van der Waals surface area contributed by atoms with Gasteiger partial charge in [0.2, 0.25) is 5.91 Å². The zero-order valence-electron chi connectivity index (χ0n) is 10.1. The first-order chi connectivity index (χ1) is 8.47. The molecule has 1 aromatic heterocycles. The monoisotopic (exact) mass is 274 g/mol. The van der Waals surface area contributed by atoms with Crippen LogP contribution in [-0.2, 0) is 16.0 Å². The van der Waals surface area contributed by atoms with Gasteiger partial charge in [-0.15, -0.1) is 0 Å². The average Bonchev–Trinajstić information content (AvgIpc) is 2.80. The summed E-state index contributed by atoms with van der Waals surface area (Å²) in [6, 6.07) is 0. The lowest BCUT2D eigenvalue weighted by Crippen LogP contribution is -2.33. The highest BCUT2D eigenvalue weighted by molar-refractivity contribution is 7.81. The van der Waals surface area contributed by atoms with Crippen LogP contribution in [-0.4, -0.2) is 45.3 Å². The van der Waals surface area contributed by atoms with Crippen LogP contribution < -0.4 is 11.1 Å². The van der Waals surface area contributed by atoms with E-state index in [2.05, 4.69) is 27.9 Å². The quantitative estimate of drug-likeness (QED) is 0.460. The molecule has 102 valence electrons. The van der Waals surface area contributed by atoms with Gasteiger partial charge in [-0.3, -0.25) is 9.59 Å². The van der Waals surface area contributed by atoms with E-state index < -0.39 is 11.2 Å². The Balaban J connectivity index is 0.000000327. The van der Waals surface area contributed by atoms with Gasteiger partial charge < -0.3 is 21.1 Å². The number of hydrogen-bond acceptors (Lipinski definition) is 5. The molecule has 0 aromatic carbocycles. The number of nitrogens with two attached hydrogens (primary N) is 1. The zero-order valence-corrected chi connectivity index (χ0v) is 11.0. The van der Waals surface area contributed by atoms with Gasteiger partial charge in [0.05, 0.1) is 11.6 Å². The molecule has 0 aliphatic rings. The number of carboxylic acid groups (broad SMARTS) is 1. The minimum Gasteiger partial charge on any atom is -0.480 e. The van der Waals surface area contributed by atoms with Crippen molar-refractivity contribution < 1.29 is 14.7 Å². The van der Waals surface area contributed by atoms with Gasteiger partial charge in [0.1, 0.15) is 6.54 Å². The molecule has 1 unspecified atom stereocenters. The lowest BCUT2D eigenvalue weighted by molar-refractivity contribution is -0.137. The molecule has 0 saturated carbocycles. The summed E-state index contributed by atoms with van der Waals surface area (Å²) in [4.78, 5) is 27.3. The van der Waals surface area contributed by atoms with Gasteiger partial charge in [0.25, 0.3) is 0 Å². The van der Waals surface area contributed by atoms with Crippen molar-refractivity contribution in [2.45, 2.75) is 18.6 Å². The maximum atomic E-state index is 10.6. The first-order valence-electron chi connectivity index (χ1n) is 5.32. The molecule has 7 nitrogen and oxygen atoms in total. The third-order valence-corrected chi connectivity index (χ3v) is 2.00. The number of nitrogens with zero attached hydrogens (tertiary/aromatic N) is 1. The van der Waals surface area contributed by atoms with Crippen molar-refractivity contribution in [3.05, 3.63) is 18.2 Å². The molecule has 0 radical (unpaired) electrons. The Morgan fingerprint density at radius 3 is 2.72 bits per heavy atom. The first kappa shape index (κ1) is 16.5. The number of carboxylic acids is 1. The molecule has 0 bridgehead atoms. The van der Waals surface area contributed by atoms with Gasteiger partial charge >= 0.3 is 5.97 Å². The molecule has 0 spiro atoms. The van der Waals surface area contributed by atoms with Crippen LogP contribution in [0.3, 0.4) is 0 Å². The number of carbonyl (C=O) groups is 2. The summed E-state index contributed by atoms with van der Waals surface area (Å²) in [5.41, 5.74) is 6.38. The van der Waals surface area contributed by atoms with E-state index in [1.807, 2.05) is 0 Å². The Labute approximate surface area is 111 Å². The highest BCUT2D eigenvalue weighted by Gasteiger charge is 2.07. The second-order valence-electron chi connectivity index (χ2n) is 3.40. The molecule has 0 fully saturated rings. The Kier molecular flexibility index (Phi) is 8.67. The zero-order chi connectivity index (χ0) is 14.0. The van der Waals surface area contributed by atoms with Crippen LogP contribution in [0.5, 0.6) is 0 Å². The van der Waals surface area contributed by atoms with Gasteiger partial charge in [-0.05, 0) is 13.5 Å². The molecular weight excluding hydrogens is 256 g/mol. The number of imidazole rings is 1. The number of hydrogen-bond donors (Lipinski definition) is 5. The number of aromatic amines is 1. The molecule has 1 rings (SSSR count). The molecular formula is C10H18N4O3S. The number of nitrogens with one attached hydrogen (secondary N) is 2. The normalized spacial score (nSPS) is 11.1. The van der Waals surface area contributed by atoms with Crippen molar-refractivity contribution in [2.24, 2.45) is 5.73 Å². The predicted molar refractivity (Wildman–Crippen MR) is 70.4 cm³/mol. The second-order valence-corrected chi connectivity index (χ2v) is 4.18. The topological polar surface area (TPSA) is 121 Å². The Bertz CT molecular complexity index is 354. The summed E-state index contributed by atoms with van der Waals surface area (Å²) in [6.45, 7) is 1.91. The van der Waals surface area contributed by atoms with E-state index in [4.69, 9.17) is 10.8 Å². The van der Waals surface area contributed by atoms with Crippen LogP contribution in [0.1, 0.15) is 12.6 Å². The lowest BCUT2D eigenvalue weighted by Gasteiger charge is -2.02. The lowest BCUT2D eigenvalue weighted by atomic mass is 10.3. The van der Waals surface area contributed by atoms with Gasteiger partial charge in [0, 0.05) is 18.3 Å². The minimum absolute atomic E-state index is 0.344. The van der Waals surface area contributed by atoms with Crippen LogP contribution in [0.25, 0.3) is 0 Å². The molecule has 1 amide bonds. The molecule has 8 heteroatoms. The SMILES string of the molecule is CC(S)C(=O)NCC(=O)O.NCCc1cnc[nH]1. The smallest absolute Gasteiger partial charge is 0.322 e. The highest BCUT2D eigenvalue weighted by Crippen LogP contribution is 1.90. The molecule has 5 N–H and O–H groups in total. The standard InChI is InChI=1S/C5H9N3.C5H9NO3S/c6-2-1-5-3-7-4-8-5;1-3(10)5(9)6-2-4(7)8/h3-4H,1-2,6H2,(H,7,8);3,10H,2H2,1H3,(H,6,9)(H,7,8). The third kappa shape index (κ3) is 8.59. The van der Waals surface area contributed by atoms with Crippen LogP contribution >= 0.6 is 12.6 Å². The van der Waals surface area contributed by atoms with E-state index in [9.17, 15) is 9.59 Å². The fourth-order valence-corrected chi connectivity index (χ4v) is 0.979. The van der Waals surface area contributed by atoms with Crippen molar-refractivity contribution in [2.75, 3.05) is 13.1 Å². The summed E-state index contributed by atoms with van der Waals surface area (Å²) >= 11 is 3.79. The van der Waals surface area contributed by atoms with E-state index in [1.54, 1.807) is 19.4 Å². The van der Waals surface area contributed by atoms with Crippen LogP contribution in [0.4, 0.5) is 0 Å². The number of aliphatic carboxylic acids is 1. The van der Waals surface area contributed by atoms with Crippen LogP contribution in [0.15, 0.2) is 12.5 Å². The largest absolute Gasteiger partial charge is 0.480 e. The molecule has 0 saturated heterocycles. The van der Waals surface area contributed by atoms with Crippen molar-refractivity contribution in [3.8, 4) is 0 Å². The van der Waals surface area contributed by atoms with Crippen molar-refractivity contribution in [3.63, 3.8) is 0 Å². The van der Waals surface area contributed by atoms with E-state index in [1.165, 1.54) is 0 Å². The number of H-pyrrole nitrogens is 1. The Morgan fingerprint density at radius 2 is 2.33 bits per heavy atom. The van der Waals surface area contributed by atoms with Crippen LogP contribution in [0.2, 0.25) is 0 Å². The number of carbonyl (C=O) groups excluding carboxylic acids is 1. The maximum Gasteiger partial charge on any atom is 0.322 e. The minimum atomic E-state index is -1.05. The van der Waals surface area contributed by atoms with E-state index in [0.29, 0.717) is 6.54 Å². The maximum absolute atomic E-state index is 10.6. The summed E-state index contributed by atoms with van der Waals surface area (Å²) in [5, 5.41) is 9.81. The molecule has 0 aliphatic heterocycles. The molecule has 1 heterocycles. The second kappa shape index (κ2) is 9.49. The average molecular weight is 274 g/mol. The highest BCUT2D eigenvalue weighted by atomic mass is 32.1. The molecule has 1 aromatic rings. The fourth-order valence-electron chi connectivity index (χ4n) is 0.887. The van der Waals surface area contributed by atoms with Crippen molar-refractivity contribution >= 4 is 24.5 Å². The molecule has 1 atom stereocenters. The predicted octanol–water partition coefficient (Wildman–Crippen LogP) is -0.584. The van der Waals surface area contributed by atoms with Crippen LogP contribution in [0, 0.1) is 0 Å². The number of amides is 1.